The third kappa shape index (κ3) is 6.84. The van der Waals surface area contributed by atoms with Gasteiger partial charge < -0.3 is 15.5 Å². The van der Waals surface area contributed by atoms with Crippen LogP contribution in [0.3, 0.4) is 0 Å². The van der Waals surface area contributed by atoms with Gasteiger partial charge in [-0.2, -0.15) is 5.10 Å². The summed E-state index contributed by atoms with van der Waals surface area (Å²) in [6.45, 7) is 4.79. The van der Waals surface area contributed by atoms with Crippen molar-refractivity contribution in [1.29, 1.82) is 0 Å². The lowest BCUT2D eigenvalue weighted by molar-refractivity contribution is 0.116. The highest BCUT2D eigenvalue weighted by Gasteiger charge is 2.22. The van der Waals surface area contributed by atoms with Crippen molar-refractivity contribution in [1.82, 2.24) is 30.2 Å². The van der Waals surface area contributed by atoms with Crippen molar-refractivity contribution in [2.24, 2.45) is 4.99 Å². The molecule has 160 valence electrons. The first-order valence-corrected chi connectivity index (χ1v) is 10.0. The molecule has 0 spiro atoms. The van der Waals surface area contributed by atoms with Crippen molar-refractivity contribution in [3.05, 3.63) is 53.3 Å². The van der Waals surface area contributed by atoms with Gasteiger partial charge in [-0.05, 0) is 37.9 Å². The minimum Gasteiger partial charge on any atom is -0.355 e. The van der Waals surface area contributed by atoms with Crippen LogP contribution in [0.1, 0.15) is 11.6 Å². The van der Waals surface area contributed by atoms with Gasteiger partial charge in [0.2, 0.25) is 0 Å². The number of aromatic nitrogens is 2. The number of aliphatic imine (C=N–C) groups is 1. The molecule has 0 amide bonds. The molecule has 0 radical (unpaired) electrons. The summed E-state index contributed by atoms with van der Waals surface area (Å²) in [5.41, 5.74) is 1.14. The maximum absolute atomic E-state index is 6.05. The normalized spacial score (nSPS) is 19.4. The molecule has 3 rings (SSSR count). The summed E-state index contributed by atoms with van der Waals surface area (Å²) in [7, 11) is 6.16. The second kappa shape index (κ2) is 11.7. The molecule has 1 aliphatic heterocycles. The van der Waals surface area contributed by atoms with Crippen LogP contribution in [-0.4, -0.2) is 85.4 Å². The number of nitrogens with zero attached hydrogens (tertiary/aromatic N) is 5. The zero-order valence-electron chi connectivity index (χ0n) is 17.3. The number of likely N-dealkylation sites (N-methyl/N-ethyl adjacent to an activating group) is 2. The molecule has 2 atom stereocenters. The van der Waals surface area contributed by atoms with Gasteiger partial charge >= 0.3 is 0 Å². The largest absolute Gasteiger partial charge is 0.355 e. The van der Waals surface area contributed by atoms with Crippen LogP contribution in [0.2, 0.25) is 5.02 Å². The van der Waals surface area contributed by atoms with Crippen molar-refractivity contribution in [2.75, 3.05) is 53.9 Å². The number of halogens is 2. The third-order valence-electron chi connectivity index (χ3n) is 5.27. The number of piperazine rings is 1. The molecule has 1 fully saturated rings. The number of hydrogen-bond donors (Lipinski definition) is 2. The highest BCUT2D eigenvalue weighted by Crippen LogP contribution is 2.19. The smallest absolute Gasteiger partial charge is 0.191 e. The van der Waals surface area contributed by atoms with Gasteiger partial charge in [0.25, 0.3) is 0 Å². The average Bonchev–Trinajstić information content (AvgIpc) is 3.22. The Balaban J connectivity index is 0.00000300. The molecule has 2 aromatic rings. The molecule has 0 saturated carbocycles. The molecule has 2 N–H and O–H groups in total. The van der Waals surface area contributed by atoms with E-state index in [1.165, 1.54) is 0 Å². The first-order chi connectivity index (χ1) is 13.6. The van der Waals surface area contributed by atoms with Gasteiger partial charge in [-0.25, -0.2) is 0 Å². The van der Waals surface area contributed by atoms with E-state index in [2.05, 4.69) is 44.6 Å². The zero-order valence-corrected chi connectivity index (χ0v) is 20.3. The Bertz CT molecular complexity index is 751. The van der Waals surface area contributed by atoms with Crippen molar-refractivity contribution < 1.29 is 0 Å². The van der Waals surface area contributed by atoms with E-state index in [-0.39, 0.29) is 30.0 Å². The number of nitrogens with one attached hydrogen (secondary N) is 2. The Morgan fingerprint density at radius 2 is 2.00 bits per heavy atom. The molecule has 2 unspecified atom stereocenters. The van der Waals surface area contributed by atoms with E-state index in [9.17, 15) is 0 Å². The topological polar surface area (TPSA) is 60.7 Å². The van der Waals surface area contributed by atoms with Crippen LogP contribution >= 0.6 is 35.6 Å². The monoisotopic (exact) mass is 531 g/mol. The van der Waals surface area contributed by atoms with E-state index in [0.717, 1.165) is 42.7 Å². The first kappa shape index (κ1) is 23.9. The fourth-order valence-corrected chi connectivity index (χ4v) is 3.59. The summed E-state index contributed by atoms with van der Waals surface area (Å²) < 4.78 is 1.95. The zero-order chi connectivity index (χ0) is 19.9. The van der Waals surface area contributed by atoms with E-state index in [0.29, 0.717) is 12.6 Å². The highest BCUT2D eigenvalue weighted by molar-refractivity contribution is 14.0. The summed E-state index contributed by atoms with van der Waals surface area (Å²) in [6, 6.07) is 10.4. The molecule has 1 saturated heterocycles. The van der Waals surface area contributed by atoms with E-state index in [1.54, 1.807) is 13.2 Å². The third-order valence-corrected chi connectivity index (χ3v) is 5.52. The van der Waals surface area contributed by atoms with E-state index in [4.69, 9.17) is 11.6 Å². The fourth-order valence-electron chi connectivity index (χ4n) is 3.46. The summed E-state index contributed by atoms with van der Waals surface area (Å²) in [5, 5.41) is 12.1. The minimum absolute atomic E-state index is 0. The predicted octanol–water partition coefficient (Wildman–Crippen LogP) is 2.15. The van der Waals surface area contributed by atoms with Crippen LogP contribution in [0.5, 0.6) is 0 Å². The second-order valence-electron chi connectivity index (χ2n) is 7.28. The van der Waals surface area contributed by atoms with Crippen LogP contribution in [-0.2, 0) is 0 Å². The first-order valence-electron chi connectivity index (χ1n) is 9.64. The lowest BCUT2D eigenvalue weighted by atomic mass is 10.1. The van der Waals surface area contributed by atoms with Crippen LogP contribution in [0.25, 0.3) is 0 Å². The number of hydrogen-bond acceptors (Lipinski definition) is 4. The summed E-state index contributed by atoms with van der Waals surface area (Å²) in [4.78, 5) is 9.16. The van der Waals surface area contributed by atoms with Gasteiger partial charge in [0.1, 0.15) is 0 Å². The molecule has 29 heavy (non-hydrogen) atoms. The van der Waals surface area contributed by atoms with E-state index >= 15 is 0 Å². The van der Waals surface area contributed by atoms with E-state index < -0.39 is 0 Å². The van der Waals surface area contributed by atoms with Crippen LogP contribution in [0.4, 0.5) is 0 Å². The lowest BCUT2D eigenvalue weighted by Gasteiger charge is -2.38. The molecule has 0 bridgehead atoms. The van der Waals surface area contributed by atoms with Gasteiger partial charge in [-0.3, -0.25) is 14.6 Å². The van der Waals surface area contributed by atoms with Crippen LogP contribution in [0, 0.1) is 0 Å². The molecule has 1 aliphatic rings. The lowest BCUT2D eigenvalue weighted by Crippen LogP contribution is -2.55. The Hall–Kier alpha value is -1.36. The molecule has 7 nitrogen and oxygen atoms in total. The molecule has 1 aromatic heterocycles. The molecule has 0 aliphatic carbocycles. The van der Waals surface area contributed by atoms with Crippen molar-refractivity contribution in [3.8, 4) is 0 Å². The second-order valence-corrected chi connectivity index (χ2v) is 7.72. The molecular weight excluding hydrogens is 501 g/mol. The maximum atomic E-state index is 6.05. The Kier molecular flexibility index (Phi) is 9.67. The van der Waals surface area contributed by atoms with Gasteiger partial charge in [0.15, 0.2) is 5.96 Å². The molecule has 2 heterocycles. The van der Waals surface area contributed by atoms with Crippen molar-refractivity contribution in [2.45, 2.75) is 12.1 Å². The van der Waals surface area contributed by atoms with Crippen molar-refractivity contribution >= 4 is 41.5 Å². The van der Waals surface area contributed by atoms with E-state index in [1.807, 2.05) is 41.2 Å². The Morgan fingerprint density at radius 1 is 1.24 bits per heavy atom. The minimum atomic E-state index is 0. The highest BCUT2D eigenvalue weighted by atomic mass is 127. The Labute approximate surface area is 195 Å². The standard InChI is InChI=1S/C20H30ClN7.HI/c1-22-20(23-13-18-15-26(2)11-12-27(18)3)24-14-19(28-10-4-9-25-28)16-5-7-17(21)8-6-16;/h4-10,18-19H,11-15H2,1-3H3,(H2,22,23,24);1H. The van der Waals surface area contributed by atoms with Crippen LogP contribution in [0.15, 0.2) is 47.7 Å². The predicted molar refractivity (Wildman–Crippen MR) is 131 cm³/mol. The van der Waals surface area contributed by atoms with Gasteiger partial charge in [-0.1, -0.05) is 23.7 Å². The molecular formula is C20H31ClIN7. The number of rotatable bonds is 6. The summed E-state index contributed by atoms with van der Waals surface area (Å²) >= 11 is 6.05. The van der Waals surface area contributed by atoms with Gasteiger partial charge in [-0.15, -0.1) is 24.0 Å². The van der Waals surface area contributed by atoms with Gasteiger partial charge in [0.05, 0.1) is 6.04 Å². The number of benzene rings is 1. The number of guanidine groups is 1. The van der Waals surface area contributed by atoms with Crippen molar-refractivity contribution in [3.63, 3.8) is 0 Å². The van der Waals surface area contributed by atoms with Crippen LogP contribution < -0.4 is 10.6 Å². The summed E-state index contributed by atoms with van der Waals surface area (Å²) in [5.74, 6) is 0.799. The average molecular weight is 532 g/mol. The SMILES string of the molecule is CN=C(NCC1CN(C)CCN1C)NCC(c1ccc(Cl)cc1)n1cccn1.I. The summed E-state index contributed by atoms with van der Waals surface area (Å²) in [6.07, 6.45) is 3.77. The quantitative estimate of drug-likeness (QED) is 0.340. The fraction of sp³-hybridized carbons (Fsp3) is 0.500. The Morgan fingerprint density at radius 3 is 2.66 bits per heavy atom. The maximum Gasteiger partial charge on any atom is 0.191 e. The molecule has 1 aromatic carbocycles. The molecule has 9 heteroatoms. The van der Waals surface area contributed by atoms with Gasteiger partial charge in [0, 0.05) is 63.2 Å².